The third kappa shape index (κ3) is 2.42. The molecule has 104 valence electrons. The number of hydrogen-bond donors (Lipinski definition) is 0. The molecule has 0 unspecified atom stereocenters. The molecule has 0 aliphatic carbocycles. The van der Waals surface area contributed by atoms with Crippen molar-refractivity contribution in [3.8, 4) is 0 Å². The van der Waals surface area contributed by atoms with E-state index in [-0.39, 0.29) is 5.91 Å². The van der Waals surface area contributed by atoms with E-state index in [1.807, 2.05) is 17.9 Å². The van der Waals surface area contributed by atoms with Gasteiger partial charge in [-0.1, -0.05) is 0 Å². The Bertz CT molecular complexity index is 461. The Kier molecular flexibility index (Phi) is 3.37. The summed E-state index contributed by atoms with van der Waals surface area (Å²) in [5.74, 6) is -0.257. The van der Waals surface area contributed by atoms with Gasteiger partial charge in [0.2, 0.25) is 0 Å². The fraction of sp³-hybridized carbons (Fsp3) is 0.643. The summed E-state index contributed by atoms with van der Waals surface area (Å²) in [5.41, 5.74) is 1.20. The van der Waals surface area contributed by atoms with E-state index in [1.165, 1.54) is 10.4 Å². The number of carbonyl (C=O) groups excluding carboxylic acids is 1. The molecular formula is C14H19NO3S. The van der Waals surface area contributed by atoms with Gasteiger partial charge in [-0.2, -0.15) is 0 Å². The zero-order chi connectivity index (χ0) is 13.5. The Morgan fingerprint density at radius 1 is 1.26 bits per heavy atom. The van der Waals surface area contributed by atoms with Crippen molar-refractivity contribution in [3.63, 3.8) is 0 Å². The van der Waals surface area contributed by atoms with Crippen LogP contribution in [0, 0.1) is 13.8 Å². The molecular weight excluding hydrogens is 262 g/mol. The lowest BCUT2D eigenvalue weighted by Gasteiger charge is -2.37. The van der Waals surface area contributed by atoms with Crippen molar-refractivity contribution in [2.45, 2.75) is 32.5 Å². The maximum absolute atomic E-state index is 12.4. The van der Waals surface area contributed by atoms with Crippen molar-refractivity contribution in [2.24, 2.45) is 0 Å². The second-order valence-corrected chi connectivity index (χ2v) is 6.51. The van der Waals surface area contributed by atoms with Crippen LogP contribution < -0.4 is 0 Å². The van der Waals surface area contributed by atoms with Gasteiger partial charge in [0, 0.05) is 30.8 Å². The summed E-state index contributed by atoms with van der Waals surface area (Å²) in [6.07, 6.45) is 1.56. The van der Waals surface area contributed by atoms with E-state index in [1.54, 1.807) is 11.3 Å². The van der Waals surface area contributed by atoms with Gasteiger partial charge in [-0.25, -0.2) is 0 Å². The summed E-state index contributed by atoms with van der Waals surface area (Å²) >= 11 is 1.59. The highest BCUT2D eigenvalue weighted by Crippen LogP contribution is 2.32. The maximum Gasteiger partial charge on any atom is 0.263 e. The van der Waals surface area contributed by atoms with Gasteiger partial charge in [-0.15, -0.1) is 11.3 Å². The van der Waals surface area contributed by atoms with Crippen LogP contribution in [0.2, 0.25) is 0 Å². The molecule has 2 saturated heterocycles. The van der Waals surface area contributed by atoms with Gasteiger partial charge in [0.15, 0.2) is 5.79 Å². The summed E-state index contributed by atoms with van der Waals surface area (Å²) < 4.78 is 11.4. The van der Waals surface area contributed by atoms with Gasteiger partial charge < -0.3 is 14.4 Å². The number of rotatable bonds is 1. The Balaban J connectivity index is 1.66. The normalized spacial score (nSPS) is 22.1. The smallest absolute Gasteiger partial charge is 0.263 e. The average molecular weight is 281 g/mol. The largest absolute Gasteiger partial charge is 0.347 e. The van der Waals surface area contributed by atoms with E-state index >= 15 is 0 Å². The first-order valence-electron chi connectivity index (χ1n) is 6.74. The standard InChI is InChI=1S/C14H19NO3S/c1-10-9-12(19-11(10)2)13(16)15-5-3-14(4-6-15)17-7-8-18-14/h9H,3-8H2,1-2H3. The van der Waals surface area contributed by atoms with Crippen LogP contribution in [0.3, 0.4) is 0 Å². The van der Waals surface area contributed by atoms with Gasteiger partial charge >= 0.3 is 0 Å². The Hall–Kier alpha value is -0.910. The lowest BCUT2D eigenvalue weighted by molar-refractivity contribution is -0.181. The van der Waals surface area contributed by atoms with Crippen LogP contribution in [0.25, 0.3) is 0 Å². The number of thiophene rings is 1. The van der Waals surface area contributed by atoms with Crippen molar-refractivity contribution in [1.29, 1.82) is 0 Å². The van der Waals surface area contributed by atoms with E-state index < -0.39 is 5.79 Å². The maximum atomic E-state index is 12.4. The van der Waals surface area contributed by atoms with Crippen molar-refractivity contribution >= 4 is 17.2 Å². The number of carbonyl (C=O) groups is 1. The molecule has 2 fully saturated rings. The molecule has 3 heterocycles. The number of piperidine rings is 1. The zero-order valence-corrected chi connectivity index (χ0v) is 12.2. The van der Waals surface area contributed by atoms with Gasteiger partial charge in [0.1, 0.15) is 0 Å². The number of ether oxygens (including phenoxy) is 2. The minimum Gasteiger partial charge on any atom is -0.347 e. The summed E-state index contributed by atoms with van der Waals surface area (Å²) in [7, 11) is 0. The van der Waals surface area contributed by atoms with E-state index in [2.05, 4.69) is 6.92 Å². The summed E-state index contributed by atoms with van der Waals surface area (Å²) in [4.78, 5) is 16.4. The molecule has 0 aromatic carbocycles. The lowest BCUT2D eigenvalue weighted by atomic mass is 10.0. The molecule has 1 aromatic rings. The topological polar surface area (TPSA) is 38.8 Å². The lowest BCUT2D eigenvalue weighted by Crippen LogP contribution is -2.47. The second kappa shape index (κ2) is 4.89. The summed E-state index contributed by atoms with van der Waals surface area (Å²) in [6.45, 7) is 6.90. The monoisotopic (exact) mass is 281 g/mol. The van der Waals surface area contributed by atoms with Crippen LogP contribution in [0.4, 0.5) is 0 Å². The van der Waals surface area contributed by atoms with Crippen LogP contribution in [-0.2, 0) is 9.47 Å². The van der Waals surface area contributed by atoms with Crippen molar-refractivity contribution in [2.75, 3.05) is 26.3 Å². The summed E-state index contributed by atoms with van der Waals surface area (Å²) in [6, 6.07) is 2.00. The second-order valence-electron chi connectivity index (χ2n) is 5.25. The molecule has 2 aliphatic heterocycles. The Morgan fingerprint density at radius 2 is 1.89 bits per heavy atom. The van der Waals surface area contributed by atoms with Gasteiger partial charge in [-0.3, -0.25) is 4.79 Å². The summed E-state index contributed by atoms with van der Waals surface area (Å²) in [5, 5.41) is 0. The van der Waals surface area contributed by atoms with Crippen molar-refractivity contribution < 1.29 is 14.3 Å². The highest BCUT2D eigenvalue weighted by Gasteiger charge is 2.41. The molecule has 1 spiro atoms. The number of aryl methyl sites for hydroxylation is 2. The molecule has 1 amide bonds. The molecule has 1 aromatic heterocycles. The quantitative estimate of drug-likeness (QED) is 0.793. The van der Waals surface area contributed by atoms with Crippen LogP contribution in [0.5, 0.6) is 0 Å². The minimum absolute atomic E-state index is 0.147. The minimum atomic E-state index is -0.405. The molecule has 3 rings (SSSR count). The Labute approximate surface area is 117 Å². The molecule has 19 heavy (non-hydrogen) atoms. The van der Waals surface area contributed by atoms with E-state index in [9.17, 15) is 4.79 Å². The predicted octanol–water partition coefficient (Wildman–Crippen LogP) is 2.34. The molecule has 0 N–H and O–H groups in total. The number of nitrogens with zero attached hydrogens (tertiary/aromatic N) is 1. The molecule has 0 bridgehead atoms. The molecule has 5 heteroatoms. The SMILES string of the molecule is Cc1cc(C(=O)N2CCC3(CC2)OCCO3)sc1C. The first-order valence-corrected chi connectivity index (χ1v) is 7.55. The van der Waals surface area contributed by atoms with Crippen molar-refractivity contribution in [3.05, 3.63) is 21.4 Å². The van der Waals surface area contributed by atoms with Crippen LogP contribution in [0.1, 0.15) is 33.0 Å². The third-order valence-corrected chi connectivity index (χ3v) is 5.14. The van der Waals surface area contributed by atoms with Crippen LogP contribution in [-0.4, -0.2) is 42.9 Å². The van der Waals surface area contributed by atoms with Crippen LogP contribution >= 0.6 is 11.3 Å². The zero-order valence-electron chi connectivity index (χ0n) is 11.4. The van der Waals surface area contributed by atoms with Gasteiger partial charge in [0.25, 0.3) is 5.91 Å². The first kappa shape index (κ1) is 13.1. The fourth-order valence-corrected chi connectivity index (χ4v) is 3.67. The number of hydrogen-bond acceptors (Lipinski definition) is 4. The Morgan fingerprint density at radius 3 is 2.42 bits per heavy atom. The van der Waals surface area contributed by atoms with E-state index in [0.29, 0.717) is 13.2 Å². The average Bonchev–Trinajstić information content (AvgIpc) is 2.98. The van der Waals surface area contributed by atoms with Gasteiger partial charge in [0.05, 0.1) is 18.1 Å². The molecule has 0 atom stereocenters. The number of amides is 1. The van der Waals surface area contributed by atoms with Crippen molar-refractivity contribution in [1.82, 2.24) is 4.90 Å². The highest BCUT2D eigenvalue weighted by atomic mass is 32.1. The highest BCUT2D eigenvalue weighted by molar-refractivity contribution is 7.14. The predicted molar refractivity (Wildman–Crippen MR) is 73.6 cm³/mol. The van der Waals surface area contributed by atoms with E-state index in [4.69, 9.17) is 9.47 Å². The molecule has 0 radical (unpaired) electrons. The van der Waals surface area contributed by atoms with Gasteiger partial charge in [-0.05, 0) is 25.5 Å². The molecule has 4 nitrogen and oxygen atoms in total. The fourth-order valence-electron chi connectivity index (χ4n) is 2.67. The molecule has 2 aliphatic rings. The van der Waals surface area contributed by atoms with Crippen LogP contribution in [0.15, 0.2) is 6.07 Å². The number of likely N-dealkylation sites (tertiary alicyclic amines) is 1. The molecule has 0 saturated carbocycles. The first-order chi connectivity index (χ1) is 9.10. The third-order valence-electron chi connectivity index (χ3n) is 4.00. The van der Waals surface area contributed by atoms with E-state index in [0.717, 1.165) is 30.8 Å².